The summed E-state index contributed by atoms with van der Waals surface area (Å²) in [5, 5.41) is 7.22. The fraction of sp³-hybridized carbons (Fsp3) is 0.300. The van der Waals surface area contributed by atoms with Crippen molar-refractivity contribution in [2.24, 2.45) is 0 Å². The normalized spacial score (nSPS) is 10.7. The summed E-state index contributed by atoms with van der Waals surface area (Å²) >= 11 is 0. The van der Waals surface area contributed by atoms with E-state index in [4.69, 9.17) is 0 Å². The number of nitrogens with zero attached hydrogens (tertiary/aromatic N) is 3. The number of aryl methyl sites for hydroxylation is 1. The molecule has 0 aliphatic rings. The third-order valence-electron chi connectivity index (χ3n) is 4.03. The summed E-state index contributed by atoms with van der Waals surface area (Å²) in [5.74, 6) is 0.946. The maximum atomic E-state index is 12.3. The van der Waals surface area contributed by atoms with Crippen molar-refractivity contribution < 1.29 is 4.79 Å². The molecule has 0 spiro atoms. The second-order valence-corrected chi connectivity index (χ2v) is 6.15. The molecule has 134 valence electrons. The molecule has 3 rings (SSSR count). The SMILES string of the molecule is CCCCCNC(=O)c1cc(Nc2cccc3cccnc23)nc(C)n1. The van der Waals surface area contributed by atoms with Gasteiger partial charge in [0.2, 0.25) is 0 Å². The van der Waals surface area contributed by atoms with Gasteiger partial charge in [0.15, 0.2) is 0 Å². The molecule has 0 aliphatic heterocycles. The molecule has 0 bridgehead atoms. The van der Waals surface area contributed by atoms with E-state index in [1.54, 1.807) is 19.2 Å². The molecule has 2 aromatic heterocycles. The van der Waals surface area contributed by atoms with E-state index in [0.29, 0.717) is 23.9 Å². The quantitative estimate of drug-likeness (QED) is 0.630. The van der Waals surface area contributed by atoms with Crippen LogP contribution in [0.15, 0.2) is 42.6 Å². The van der Waals surface area contributed by atoms with Crippen molar-refractivity contribution in [2.45, 2.75) is 33.1 Å². The first-order chi connectivity index (χ1) is 12.7. The van der Waals surface area contributed by atoms with E-state index < -0.39 is 0 Å². The van der Waals surface area contributed by atoms with E-state index in [1.807, 2.05) is 30.3 Å². The van der Waals surface area contributed by atoms with Crippen LogP contribution in [-0.2, 0) is 0 Å². The molecule has 0 radical (unpaired) electrons. The Bertz CT molecular complexity index is 904. The molecular weight excluding hydrogens is 326 g/mol. The summed E-state index contributed by atoms with van der Waals surface area (Å²) in [4.78, 5) is 25.4. The molecule has 2 N–H and O–H groups in total. The van der Waals surface area contributed by atoms with Crippen molar-refractivity contribution in [1.29, 1.82) is 0 Å². The minimum Gasteiger partial charge on any atom is -0.351 e. The number of fused-ring (bicyclic) bond motifs is 1. The molecule has 6 heteroatoms. The van der Waals surface area contributed by atoms with E-state index in [0.717, 1.165) is 35.9 Å². The number of hydrogen-bond donors (Lipinski definition) is 2. The maximum absolute atomic E-state index is 12.3. The fourth-order valence-corrected chi connectivity index (χ4v) is 2.76. The zero-order valence-electron chi connectivity index (χ0n) is 15.1. The maximum Gasteiger partial charge on any atom is 0.270 e. The summed E-state index contributed by atoms with van der Waals surface area (Å²) < 4.78 is 0. The number of hydrogen-bond acceptors (Lipinski definition) is 5. The van der Waals surface area contributed by atoms with Crippen LogP contribution in [0.1, 0.15) is 42.5 Å². The molecule has 0 unspecified atom stereocenters. The molecule has 1 amide bonds. The Morgan fingerprint density at radius 3 is 2.81 bits per heavy atom. The first-order valence-corrected chi connectivity index (χ1v) is 8.92. The third-order valence-corrected chi connectivity index (χ3v) is 4.03. The van der Waals surface area contributed by atoms with Gasteiger partial charge in [-0.25, -0.2) is 9.97 Å². The second-order valence-electron chi connectivity index (χ2n) is 6.15. The van der Waals surface area contributed by atoms with Gasteiger partial charge in [-0.15, -0.1) is 0 Å². The number of carbonyl (C=O) groups excluding carboxylic acids is 1. The summed E-state index contributed by atoms with van der Waals surface area (Å²) in [5.41, 5.74) is 2.07. The van der Waals surface area contributed by atoms with Crippen molar-refractivity contribution >= 4 is 28.3 Å². The van der Waals surface area contributed by atoms with Crippen LogP contribution in [0.3, 0.4) is 0 Å². The Kier molecular flexibility index (Phi) is 5.73. The molecule has 3 aromatic rings. The molecule has 0 atom stereocenters. The van der Waals surface area contributed by atoms with Crippen LogP contribution in [0.2, 0.25) is 0 Å². The average Bonchev–Trinajstić information content (AvgIpc) is 2.65. The summed E-state index contributed by atoms with van der Waals surface area (Å²) in [6.45, 7) is 4.57. The largest absolute Gasteiger partial charge is 0.351 e. The van der Waals surface area contributed by atoms with Gasteiger partial charge >= 0.3 is 0 Å². The van der Waals surface area contributed by atoms with Gasteiger partial charge in [0.25, 0.3) is 5.91 Å². The van der Waals surface area contributed by atoms with Gasteiger partial charge in [0, 0.05) is 24.2 Å². The molecule has 0 saturated heterocycles. The average molecular weight is 349 g/mol. The number of pyridine rings is 1. The van der Waals surface area contributed by atoms with Crippen LogP contribution in [0.25, 0.3) is 10.9 Å². The van der Waals surface area contributed by atoms with Crippen LogP contribution in [0, 0.1) is 6.92 Å². The molecule has 2 heterocycles. The lowest BCUT2D eigenvalue weighted by atomic mass is 10.2. The van der Waals surface area contributed by atoms with Crippen LogP contribution in [0.4, 0.5) is 11.5 Å². The van der Waals surface area contributed by atoms with E-state index in [-0.39, 0.29) is 5.91 Å². The predicted octanol–water partition coefficient (Wildman–Crippen LogP) is 4.00. The topological polar surface area (TPSA) is 79.8 Å². The molecule has 0 saturated carbocycles. The Morgan fingerprint density at radius 1 is 1.12 bits per heavy atom. The monoisotopic (exact) mass is 349 g/mol. The van der Waals surface area contributed by atoms with Crippen molar-refractivity contribution in [1.82, 2.24) is 20.3 Å². The van der Waals surface area contributed by atoms with Gasteiger partial charge in [0.05, 0.1) is 11.2 Å². The molecule has 0 aliphatic carbocycles. The first kappa shape index (κ1) is 17.8. The lowest BCUT2D eigenvalue weighted by molar-refractivity contribution is 0.0947. The highest BCUT2D eigenvalue weighted by atomic mass is 16.1. The number of anilines is 2. The smallest absolute Gasteiger partial charge is 0.270 e. The minimum atomic E-state index is -0.175. The Hall–Kier alpha value is -3.02. The van der Waals surface area contributed by atoms with Crippen molar-refractivity contribution in [3.05, 3.63) is 54.1 Å². The molecule has 0 fully saturated rings. The number of unbranched alkanes of at least 4 members (excludes halogenated alkanes) is 2. The van der Waals surface area contributed by atoms with Crippen molar-refractivity contribution in [3.8, 4) is 0 Å². The van der Waals surface area contributed by atoms with E-state index >= 15 is 0 Å². The summed E-state index contributed by atoms with van der Waals surface area (Å²) in [6.07, 6.45) is 4.95. The lowest BCUT2D eigenvalue weighted by Crippen LogP contribution is -2.25. The summed E-state index contributed by atoms with van der Waals surface area (Å²) in [6, 6.07) is 11.5. The van der Waals surface area contributed by atoms with Gasteiger partial charge in [0.1, 0.15) is 17.3 Å². The number of para-hydroxylation sites is 1. The molecule has 6 nitrogen and oxygen atoms in total. The van der Waals surface area contributed by atoms with Crippen LogP contribution >= 0.6 is 0 Å². The third kappa shape index (κ3) is 4.33. The highest BCUT2D eigenvalue weighted by Crippen LogP contribution is 2.24. The van der Waals surface area contributed by atoms with Gasteiger partial charge < -0.3 is 10.6 Å². The number of carbonyl (C=O) groups is 1. The van der Waals surface area contributed by atoms with Crippen LogP contribution in [0.5, 0.6) is 0 Å². The second kappa shape index (κ2) is 8.38. The van der Waals surface area contributed by atoms with Gasteiger partial charge in [-0.05, 0) is 25.5 Å². The Balaban J connectivity index is 1.80. The number of amides is 1. The van der Waals surface area contributed by atoms with E-state index in [1.165, 1.54) is 0 Å². The highest BCUT2D eigenvalue weighted by Gasteiger charge is 2.11. The zero-order valence-corrected chi connectivity index (χ0v) is 15.1. The predicted molar refractivity (Wildman–Crippen MR) is 104 cm³/mol. The van der Waals surface area contributed by atoms with Crippen molar-refractivity contribution in [2.75, 3.05) is 11.9 Å². The molecule has 26 heavy (non-hydrogen) atoms. The lowest BCUT2D eigenvalue weighted by Gasteiger charge is -2.10. The Labute approximate surface area is 153 Å². The molecular formula is C20H23N5O. The zero-order chi connectivity index (χ0) is 18.4. The van der Waals surface area contributed by atoms with Gasteiger partial charge in [-0.1, -0.05) is 38.0 Å². The standard InChI is InChI=1S/C20H23N5O/c1-3-4-5-11-22-20(26)17-13-18(24-14(2)23-17)25-16-10-6-8-15-9-7-12-21-19(15)16/h6-10,12-13H,3-5,11H2,1-2H3,(H,22,26)(H,23,24,25). The van der Waals surface area contributed by atoms with E-state index in [9.17, 15) is 4.79 Å². The number of benzene rings is 1. The first-order valence-electron chi connectivity index (χ1n) is 8.92. The van der Waals surface area contributed by atoms with Crippen molar-refractivity contribution in [3.63, 3.8) is 0 Å². The number of rotatable bonds is 7. The van der Waals surface area contributed by atoms with Gasteiger partial charge in [-0.2, -0.15) is 0 Å². The summed E-state index contributed by atoms with van der Waals surface area (Å²) in [7, 11) is 0. The molecule has 1 aromatic carbocycles. The van der Waals surface area contributed by atoms with Crippen LogP contribution < -0.4 is 10.6 Å². The Morgan fingerprint density at radius 2 is 1.96 bits per heavy atom. The number of nitrogens with one attached hydrogen (secondary N) is 2. The highest BCUT2D eigenvalue weighted by molar-refractivity contribution is 5.94. The van der Waals surface area contributed by atoms with Crippen LogP contribution in [-0.4, -0.2) is 27.4 Å². The van der Waals surface area contributed by atoms with Gasteiger partial charge in [-0.3, -0.25) is 9.78 Å². The minimum absolute atomic E-state index is 0.175. The fourth-order valence-electron chi connectivity index (χ4n) is 2.76. The number of aromatic nitrogens is 3. The van der Waals surface area contributed by atoms with E-state index in [2.05, 4.69) is 32.5 Å².